The van der Waals surface area contributed by atoms with Crippen LogP contribution in [0.2, 0.25) is 0 Å². The molecule has 0 aliphatic carbocycles. The summed E-state index contributed by atoms with van der Waals surface area (Å²) in [6.45, 7) is 3.56. The fourth-order valence-corrected chi connectivity index (χ4v) is 3.24. The lowest BCUT2D eigenvalue weighted by molar-refractivity contribution is 0.236. The third kappa shape index (κ3) is 1.46. The van der Waals surface area contributed by atoms with Gasteiger partial charge in [0.1, 0.15) is 4.90 Å². The zero-order chi connectivity index (χ0) is 11.9. The van der Waals surface area contributed by atoms with E-state index in [1.807, 2.05) is 6.92 Å². The largest absolute Gasteiger partial charge is 0.335 e. The number of aryl methyl sites for hydroxylation is 1. The highest BCUT2D eigenvalue weighted by Gasteiger charge is 2.35. The summed E-state index contributed by atoms with van der Waals surface area (Å²) in [5, 5.41) is 2.55. The van der Waals surface area contributed by atoms with Crippen LogP contribution < -0.4 is 5.32 Å². The van der Waals surface area contributed by atoms with E-state index in [0.717, 1.165) is 9.87 Å². The Hall–Kier alpha value is -1.56. The molecule has 86 valence electrons. The molecule has 1 aromatic rings. The first-order valence-electron chi connectivity index (χ1n) is 4.91. The topological polar surface area (TPSA) is 66.5 Å². The second kappa shape index (κ2) is 3.48. The molecular weight excluding hydrogens is 228 g/mol. The minimum absolute atomic E-state index is 0.127. The monoisotopic (exact) mass is 240 g/mol. The van der Waals surface area contributed by atoms with Gasteiger partial charge in [0.2, 0.25) is 0 Å². The summed E-state index contributed by atoms with van der Waals surface area (Å²) >= 11 is 0. The molecule has 0 radical (unpaired) electrons. The van der Waals surface area contributed by atoms with Gasteiger partial charge in [0.05, 0.1) is 5.69 Å². The van der Waals surface area contributed by atoms with Crippen LogP contribution in [0, 0.1) is 6.92 Å². The van der Waals surface area contributed by atoms with Gasteiger partial charge in [-0.1, -0.05) is 6.07 Å². The zero-order valence-corrected chi connectivity index (χ0v) is 9.84. The highest BCUT2D eigenvalue weighted by molar-refractivity contribution is 7.90. The molecule has 2 amide bonds. The van der Waals surface area contributed by atoms with E-state index in [9.17, 15) is 13.2 Å². The number of hydrogen-bond donors (Lipinski definition) is 1. The third-order valence-electron chi connectivity index (χ3n) is 2.46. The number of rotatable bonds is 1. The second-order valence-corrected chi connectivity index (χ2v) is 5.43. The minimum Gasteiger partial charge on any atom is -0.306 e. The van der Waals surface area contributed by atoms with Crippen LogP contribution in [-0.4, -0.2) is 25.3 Å². The van der Waals surface area contributed by atoms with E-state index in [1.165, 1.54) is 0 Å². The Balaban J connectivity index is 2.68. The average molecular weight is 240 g/mol. The summed E-state index contributed by atoms with van der Waals surface area (Å²) in [5.41, 5.74) is 1.19. The van der Waals surface area contributed by atoms with Crippen LogP contribution in [0.25, 0.3) is 0 Å². The van der Waals surface area contributed by atoms with Gasteiger partial charge >= 0.3 is 6.03 Å². The van der Waals surface area contributed by atoms with Crippen LogP contribution >= 0.6 is 0 Å². The second-order valence-electron chi connectivity index (χ2n) is 3.60. The quantitative estimate of drug-likeness (QED) is 0.809. The molecule has 0 unspecified atom stereocenters. The minimum atomic E-state index is -3.68. The molecule has 1 aromatic carbocycles. The number of anilines is 1. The molecule has 0 saturated heterocycles. The molecule has 16 heavy (non-hydrogen) atoms. The van der Waals surface area contributed by atoms with Crippen LogP contribution in [0.4, 0.5) is 10.5 Å². The Bertz CT molecular complexity index is 551. The Morgan fingerprint density at radius 1 is 1.38 bits per heavy atom. The van der Waals surface area contributed by atoms with Gasteiger partial charge in [0.15, 0.2) is 0 Å². The van der Waals surface area contributed by atoms with Crippen molar-refractivity contribution in [1.29, 1.82) is 0 Å². The normalized spacial score (nSPS) is 17.9. The lowest BCUT2D eigenvalue weighted by Crippen LogP contribution is -2.43. The fraction of sp³-hybridized carbons (Fsp3) is 0.300. The molecule has 1 N–H and O–H groups in total. The van der Waals surface area contributed by atoms with E-state index >= 15 is 0 Å². The predicted molar refractivity (Wildman–Crippen MR) is 59.8 cm³/mol. The zero-order valence-electron chi connectivity index (χ0n) is 9.02. The molecule has 5 nitrogen and oxygen atoms in total. The van der Waals surface area contributed by atoms with Crippen LogP contribution in [-0.2, 0) is 10.0 Å². The summed E-state index contributed by atoms with van der Waals surface area (Å²) in [6.07, 6.45) is 0. The Morgan fingerprint density at radius 2 is 2.06 bits per heavy atom. The van der Waals surface area contributed by atoms with E-state index in [0.29, 0.717) is 5.69 Å². The highest BCUT2D eigenvalue weighted by atomic mass is 32.2. The van der Waals surface area contributed by atoms with Gasteiger partial charge in [-0.25, -0.2) is 17.5 Å². The van der Waals surface area contributed by atoms with Gasteiger partial charge in [0.25, 0.3) is 10.0 Å². The van der Waals surface area contributed by atoms with Crippen molar-refractivity contribution in [2.75, 3.05) is 11.9 Å². The SMILES string of the molecule is CCN1C(=O)Nc2ccc(C)cc2S1(=O)=O. The molecular formula is C10H12N2O3S. The van der Waals surface area contributed by atoms with Crippen molar-refractivity contribution >= 4 is 21.7 Å². The summed E-state index contributed by atoms with van der Waals surface area (Å²) in [4.78, 5) is 11.7. The molecule has 0 atom stereocenters. The van der Waals surface area contributed by atoms with Crippen molar-refractivity contribution in [3.63, 3.8) is 0 Å². The molecule has 1 aliphatic rings. The number of carbonyl (C=O) groups excluding carboxylic acids is 1. The van der Waals surface area contributed by atoms with Crippen molar-refractivity contribution in [3.05, 3.63) is 23.8 Å². The molecule has 0 aromatic heterocycles. The van der Waals surface area contributed by atoms with Gasteiger partial charge in [0, 0.05) is 6.54 Å². The number of fused-ring (bicyclic) bond motifs is 1. The number of nitrogens with one attached hydrogen (secondary N) is 1. The van der Waals surface area contributed by atoms with Gasteiger partial charge < -0.3 is 5.32 Å². The smallest absolute Gasteiger partial charge is 0.306 e. The van der Waals surface area contributed by atoms with Crippen molar-refractivity contribution < 1.29 is 13.2 Å². The number of nitrogens with zero attached hydrogens (tertiary/aromatic N) is 1. The van der Waals surface area contributed by atoms with Gasteiger partial charge in [-0.05, 0) is 31.5 Å². The average Bonchev–Trinajstić information content (AvgIpc) is 2.19. The first-order valence-corrected chi connectivity index (χ1v) is 6.35. The number of benzene rings is 1. The lowest BCUT2D eigenvalue weighted by atomic mass is 10.2. The van der Waals surface area contributed by atoms with Crippen molar-refractivity contribution in [2.45, 2.75) is 18.7 Å². The van der Waals surface area contributed by atoms with E-state index in [1.54, 1.807) is 25.1 Å². The van der Waals surface area contributed by atoms with Crippen molar-refractivity contribution in [1.82, 2.24) is 4.31 Å². The molecule has 0 spiro atoms. The molecule has 1 heterocycles. The summed E-state index contributed by atoms with van der Waals surface area (Å²) in [6, 6.07) is 4.33. The number of amides is 2. The molecule has 2 rings (SSSR count). The molecule has 1 aliphatic heterocycles. The summed E-state index contributed by atoms with van der Waals surface area (Å²) in [5.74, 6) is 0. The third-order valence-corrected chi connectivity index (χ3v) is 4.36. The molecule has 6 heteroatoms. The maximum absolute atomic E-state index is 12.1. The van der Waals surface area contributed by atoms with Crippen molar-refractivity contribution in [3.8, 4) is 0 Å². The Kier molecular flexibility index (Phi) is 2.38. The number of carbonyl (C=O) groups is 1. The standard InChI is InChI=1S/C10H12N2O3S/c1-3-12-10(13)11-8-5-4-7(2)6-9(8)16(12,14)15/h4-6H,3H2,1-2H3,(H,11,13). The van der Waals surface area contributed by atoms with Gasteiger partial charge in [-0.3, -0.25) is 0 Å². The van der Waals surface area contributed by atoms with E-state index in [-0.39, 0.29) is 11.4 Å². The van der Waals surface area contributed by atoms with E-state index in [4.69, 9.17) is 0 Å². The first kappa shape index (κ1) is 10.9. The van der Waals surface area contributed by atoms with E-state index < -0.39 is 16.1 Å². The number of urea groups is 1. The van der Waals surface area contributed by atoms with Gasteiger partial charge in [-0.15, -0.1) is 0 Å². The van der Waals surface area contributed by atoms with Crippen LogP contribution in [0.3, 0.4) is 0 Å². The maximum atomic E-state index is 12.1. The van der Waals surface area contributed by atoms with Crippen LogP contribution in [0.5, 0.6) is 0 Å². The lowest BCUT2D eigenvalue weighted by Gasteiger charge is -2.27. The fourth-order valence-electron chi connectivity index (χ4n) is 1.67. The highest BCUT2D eigenvalue weighted by Crippen LogP contribution is 2.30. The van der Waals surface area contributed by atoms with Crippen molar-refractivity contribution in [2.24, 2.45) is 0 Å². The van der Waals surface area contributed by atoms with Crippen LogP contribution in [0.1, 0.15) is 12.5 Å². The summed E-state index contributed by atoms with van der Waals surface area (Å²) < 4.78 is 25.0. The molecule has 0 saturated carbocycles. The Labute approximate surface area is 94.1 Å². The number of sulfonamides is 1. The molecule has 0 bridgehead atoms. The van der Waals surface area contributed by atoms with Gasteiger partial charge in [-0.2, -0.15) is 0 Å². The number of hydrogen-bond acceptors (Lipinski definition) is 3. The van der Waals surface area contributed by atoms with E-state index in [2.05, 4.69) is 5.32 Å². The Morgan fingerprint density at radius 3 is 2.69 bits per heavy atom. The molecule has 0 fully saturated rings. The predicted octanol–water partition coefficient (Wildman–Crippen LogP) is 1.55. The summed E-state index contributed by atoms with van der Waals surface area (Å²) in [7, 11) is -3.68. The maximum Gasteiger partial charge on any atom is 0.335 e. The van der Waals surface area contributed by atoms with Crippen LogP contribution in [0.15, 0.2) is 23.1 Å². The first-order chi connectivity index (χ1) is 7.46.